The second-order valence-corrected chi connectivity index (χ2v) is 6.56. The summed E-state index contributed by atoms with van der Waals surface area (Å²) in [5.74, 6) is 0.864. The third-order valence-corrected chi connectivity index (χ3v) is 5.05. The van der Waals surface area contributed by atoms with E-state index < -0.39 is 6.04 Å². The highest BCUT2D eigenvalue weighted by atomic mass is 16.5. The van der Waals surface area contributed by atoms with Crippen molar-refractivity contribution < 1.29 is 14.3 Å². The third kappa shape index (κ3) is 1.90. The van der Waals surface area contributed by atoms with E-state index in [4.69, 9.17) is 4.74 Å². The molecular weight excluding hydrogens is 326 g/mol. The van der Waals surface area contributed by atoms with Crippen LogP contribution in [0.3, 0.4) is 0 Å². The number of hydrogen-bond acceptors (Lipinski definition) is 3. The Hall–Kier alpha value is -3.40. The fraction of sp³-hybridized carbons (Fsp3) is 0.0909. The number of aryl methyl sites for hydroxylation is 1. The Balaban J connectivity index is 1.75. The van der Waals surface area contributed by atoms with Gasteiger partial charge in [-0.2, -0.15) is 0 Å². The smallest absolute Gasteiger partial charge is 0.262 e. The molecule has 0 unspecified atom stereocenters. The lowest BCUT2D eigenvalue weighted by Crippen LogP contribution is -2.36. The first kappa shape index (κ1) is 14.9. The molecule has 3 aromatic rings. The van der Waals surface area contributed by atoms with Gasteiger partial charge in [-0.15, -0.1) is 0 Å². The van der Waals surface area contributed by atoms with Gasteiger partial charge < -0.3 is 4.74 Å². The minimum atomic E-state index is -0.498. The second-order valence-electron chi connectivity index (χ2n) is 6.56. The summed E-state index contributed by atoms with van der Waals surface area (Å²) in [6.07, 6.45) is 0. The van der Waals surface area contributed by atoms with E-state index in [1.807, 2.05) is 49.4 Å². The fourth-order valence-corrected chi connectivity index (χ4v) is 3.83. The number of para-hydroxylation sites is 2. The zero-order chi connectivity index (χ0) is 17.8. The standard InChI is InChI=1S/C22H15NO3/c1-13-7-6-11-17-19(16-10-4-5-12-18(16)26-20(13)17)23-21(24)14-8-2-3-9-15(14)22(23)25/h2-12,19H,1H3/t19-/m1/s1. The Bertz CT molecular complexity index is 1050. The van der Waals surface area contributed by atoms with E-state index in [0.29, 0.717) is 22.6 Å². The molecule has 0 saturated heterocycles. The average Bonchev–Trinajstić information content (AvgIpc) is 2.92. The van der Waals surface area contributed by atoms with E-state index in [1.54, 1.807) is 24.3 Å². The highest BCUT2D eigenvalue weighted by Gasteiger charge is 2.44. The predicted octanol–water partition coefficient (Wildman–Crippen LogP) is 4.49. The maximum absolute atomic E-state index is 13.1. The van der Waals surface area contributed by atoms with Gasteiger partial charge in [0.2, 0.25) is 0 Å². The lowest BCUT2D eigenvalue weighted by Gasteiger charge is -2.34. The number of carbonyl (C=O) groups excluding carboxylic acids is 2. The van der Waals surface area contributed by atoms with Crippen molar-refractivity contribution in [3.63, 3.8) is 0 Å². The molecule has 3 aromatic carbocycles. The van der Waals surface area contributed by atoms with Gasteiger partial charge in [-0.25, -0.2) is 0 Å². The molecule has 126 valence electrons. The van der Waals surface area contributed by atoms with E-state index in [-0.39, 0.29) is 11.8 Å². The van der Waals surface area contributed by atoms with Crippen LogP contribution >= 0.6 is 0 Å². The number of nitrogens with zero attached hydrogens (tertiary/aromatic N) is 1. The number of rotatable bonds is 1. The lowest BCUT2D eigenvalue weighted by atomic mass is 9.91. The van der Waals surface area contributed by atoms with E-state index in [2.05, 4.69) is 0 Å². The molecule has 2 amide bonds. The SMILES string of the molecule is Cc1cccc2c1Oc1ccccc1[C@H]2N1C(=O)c2ccccc2C1=O. The summed E-state index contributed by atoms with van der Waals surface area (Å²) in [5, 5.41) is 0. The Morgan fingerprint density at radius 3 is 2.12 bits per heavy atom. The van der Waals surface area contributed by atoms with Gasteiger partial charge in [0, 0.05) is 11.1 Å². The Kier molecular flexibility index (Phi) is 3.04. The molecular formula is C22H15NO3. The number of ether oxygens (including phenoxy) is 1. The highest BCUT2D eigenvalue weighted by Crippen LogP contribution is 2.48. The molecule has 4 heteroatoms. The van der Waals surface area contributed by atoms with Gasteiger partial charge in [-0.05, 0) is 30.7 Å². The quantitative estimate of drug-likeness (QED) is 0.613. The number of hydrogen-bond donors (Lipinski definition) is 0. The molecule has 2 heterocycles. The number of imide groups is 1. The molecule has 2 aliphatic heterocycles. The molecule has 0 radical (unpaired) electrons. The van der Waals surface area contributed by atoms with Gasteiger partial charge >= 0.3 is 0 Å². The van der Waals surface area contributed by atoms with Crippen molar-refractivity contribution in [3.05, 3.63) is 94.5 Å². The van der Waals surface area contributed by atoms with Crippen LogP contribution in [-0.4, -0.2) is 16.7 Å². The van der Waals surface area contributed by atoms with Crippen LogP contribution in [0, 0.1) is 6.92 Å². The molecule has 0 saturated carbocycles. The molecule has 1 atom stereocenters. The summed E-state index contributed by atoms with van der Waals surface area (Å²) in [6.45, 7) is 1.96. The van der Waals surface area contributed by atoms with Crippen LogP contribution in [0.15, 0.2) is 66.7 Å². The molecule has 26 heavy (non-hydrogen) atoms. The minimum Gasteiger partial charge on any atom is -0.456 e. The monoisotopic (exact) mass is 341 g/mol. The first-order valence-corrected chi connectivity index (χ1v) is 8.50. The number of benzene rings is 3. The topological polar surface area (TPSA) is 46.6 Å². The van der Waals surface area contributed by atoms with Crippen LogP contribution in [-0.2, 0) is 0 Å². The first-order chi connectivity index (χ1) is 12.7. The summed E-state index contributed by atoms with van der Waals surface area (Å²) in [7, 11) is 0. The van der Waals surface area contributed by atoms with E-state index in [9.17, 15) is 9.59 Å². The molecule has 2 aliphatic rings. The second kappa shape index (κ2) is 5.30. The molecule has 0 spiro atoms. The van der Waals surface area contributed by atoms with E-state index >= 15 is 0 Å². The third-order valence-electron chi connectivity index (χ3n) is 5.05. The lowest BCUT2D eigenvalue weighted by molar-refractivity contribution is 0.0603. The van der Waals surface area contributed by atoms with Crippen molar-refractivity contribution in [2.24, 2.45) is 0 Å². The van der Waals surface area contributed by atoms with Gasteiger partial charge in [-0.1, -0.05) is 48.5 Å². The van der Waals surface area contributed by atoms with Crippen molar-refractivity contribution in [1.82, 2.24) is 4.90 Å². The van der Waals surface area contributed by atoms with Gasteiger partial charge in [0.15, 0.2) is 0 Å². The Labute approximate surface area is 150 Å². The van der Waals surface area contributed by atoms with Crippen LogP contribution in [0.5, 0.6) is 11.5 Å². The average molecular weight is 341 g/mol. The zero-order valence-electron chi connectivity index (χ0n) is 14.1. The number of amides is 2. The van der Waals surface area contributed by atoms with E-state index in [0.717, 1.165) is 16.7 Å². The maximum Gasteiger partial charge on any atom is 0.262 e. The van der Waals surface area contributed by atoms with Crippen molar-refractivity contribution in [3.8, 4) is 11.5 Å². The fourth-order valence-electron chi connectivity index (χ4n) is 3.83. The van der Waals surface area contributed by atoms with Crippen LogP contribution in [0.25, 0.3) is 0 Å². The van der Waals surface area contributed by atoms with Gasteiger partial charge in [-0.3, -0.25) is 14.5 Å². The van der Waals surface area contributed by atoms with Crippen LogP contribution < -0.4 is 4.74 Å². The van der Waals surface area contributed by atoms with Crippen molar-refractivity contribution in [2.75, 3.05) is 0 Å². The predicted molar refractivity (Wildman–Crippen MR) is 96.5 cm³/mol. The summed E-state index contributed by atoms with van der Waals surface area (Å²) in [6, 6.07) is 19.9. The number of fused-ring (bicyclic) bond motifs is 3. The Morgan fingerprint density at radius 2 is 1.38 bits per heavy atom. The van der Waals surface area contributed by atoms with Crippen molar-refractivity contribution >= 4 is 11.8 Å². The molecule has 0 fully saturated rings. The number of carbonyl (C=O) groups is 2. The van der Waals surface area contributed by atoms with E-state index in [1.165, 1.54) is 4.90 Å². The molecule has 0 bridgehead atoms. The Morgan fingerprint density at radius 1 is 0.769 bits per heavy atom. The first-order valence-electron chi connectivity index (χ1n) is 8.50. The highest BCUT2D eigenvalue weighted by molar-refractivity contribution is 6.21. The molecule has 0 N–H and O–H groups in total. The molecule has 0 aliphatic carbocycles. The van der Waals surface area contributed by atoms with Gasteiger partial charge in [0.1, 0.15) is 11.5 Å². The van der Waals surface area contributed by atoms with Gasteiger partial charge in [0.05, 0.1) is 17.2 Å². The minimum absolute atomic E-state index is 0.264. The van der Waals surface area contributed by atoms with Crippen molar-refractivity contribution in [2.45, 2.75) is 13.0 Å². The molecule has 5 rings (SSSR count). The molecule has 0 aromatic heterocycles. The van der Waals surface area contributed by atoms with Gasteiger partial charge in [0.25, 0.3) is 11.8 Å². The summed E-state index contributed by atoms with van der Waals surface area (Å²) < 4.78 is 6.10. The summed E-state index contributed by atoms with van der Waals surface area (Å²) in [5.41, 5.74) is 3.53. The van der Waals surface area contributed by atoms with Crippen molar-refractivity contribution in [1.29, 1.82) is 0 Å². The molecule has 4 nitrogen and oxygen atoms in total. The van der Waals surface area contributed by atoms with Crippen LogP contribution in [0.4, 0.5) is 0 Å². The van der Waals surface area contributed by atoms with Crippen LogP contribution in [0.2, 0.25) is 0 Å². The normalized spacial score (nSPS) is 17.4. The summed E-state index contributed by atoms with van der Waals surface area (Å²) in [4.78, 5) is 27.5. The largest absolute Gasteiger partial charge is 0.456 e. The summed E-state index contributed by atoms with van der Waals surface area (Å²) >= 11 is 0. The van der Waals surface area contributed by atoms with Crippen LogP contribution in [0.1, 0.15) is 43.4 Å². The maximum atomic E-state index is 13.1. The zero-order valence-corrected chi connectivity index (χ0v) is 14.1.